The number of carbonyl (C=O) groups is 1. The van der Waals surface area contributed by atoms with Gasteiger partial charge in [0.2, 0.25) is 0 Å². The largest absolute Gasteiger partial charge is 0.508 e. The maximum absolute atomic E-state index is 12.6. The Morgan fingerprint density at radius 1 is 1.28 bits per heavy atom. The predicted octanol–water partition coefficient (Wildman–Crippen LogP) is 3.58. The molecule has 1 amide bonds. The van der Waals surface area contributed by atoms with Gasteiger partial charge in [-0.15, -0.1) is 0 Å². The third-order valence-electron chi connectivity index (χ3n) is 5.14. The molecule has 29 heavy (non-hydrogen) atoms. The lowest BCUT2D eigenvalue weighted by Gasteiger charge is -2.22. The molecule has 3 heterocycles. The molecular weight excluding hydrogens is 388 g/mol. The molecule has 0 spiro atoms. The van der Waals surface area contributed by atoms with E-state index in [1.807, 2.05) is 23.9 Å². The molecule has 8 nitrogen and oxygen atoms in total. The highest BCUT2D eigenvalue weighted by Crippen LogP contribution is 2.29. The molecule has 0 aliphatic carbocycles. The summed E-state index contributed by atoms with van der Waals surface area (Å²) in [5.41, 5.74) is 2.16. The number of thiazole rings is 1. The van der Waals surface area contributed by atoms with E-state index in [1.165, 1.54) is 11.3 Å². The first-order chi connectivity index (χ1) is 14.0. The maximum Gasteiger partial charge on any atom is 0.267 e. The molecule has 2 aromatic heterocycles. The van der Waals surface area contributed by atoms with Crippen molar-refractivity contribution in [1.29, 1.82) is 0 Å². The summed E-state index contributed by atoms with van der Waals surface area (Å²) in [7, 11) is 0. The van der Waals surface area contributed by atoms with Gasteiger partial charge >= 0.3 is 0 Å². The molecular formula is C20H24N6O2S. The Morgan fingerprint density at radius 2 is 2.07 bits per heavy atom. The van der Waals surface area contributed by atoms with E-state index in [1.54, 1.807) is 25.3 Å². The zero-order valence-electron chi connectivity index (χ0n) is 16.4. The number of rotatable bonds is 5. The van der Waals surface area contributed by atoms with Gasteiger partial charge < -0.3 is 21.1 Å². The monoisotopic (exact) mass is 412 g/mol. The summed E-state index contributed by atoms with van der Waals surface area (Å²) in [6, 6.07) is 5.73. The fourth-order valence-corrected chi connectivity index (χ4v) is 4.15. The first-order valence-corrected chi connectivity index (χ1v) is 10.4. The minimum atomic E-state index is -0.257. The second-order valence-electron chi connectivity index (χ2n) is 7.17. The predicted molar refractivity (Wildman–Crippen MR) is 114 cm³/mol. The molecule has 1 aliphatic heterocycles. The Morgan fingerprint density at radius 3 is 2.86 bits per heavy atom. The highest BCUT2D eigenvalue weighted by molar-refractivity contribution is 7.17. The molecule has 0 saturated carbocycles. The SMILES string of the molecule is Cc1ccc(O)c(C)c1NC(=O)c1cnc(Nc2ccn(C3CCNCC3)n2)s1. The fraction of sp³-hybridized carbons (Fsp3) is 0.350. The minimum absolute atomic E-state index is 0.155. The number of amides is 1. The third kappa shape index (κ3) is 4.25. The van der Waals surface area contributed by atoms with Crippen LogP contribution in [-0.2, 0) is 0 Å². The van der Waals surface area contributed by atoms with Gasteiger partial charge in [0.05, 0.1) is 17.9 Å². The van der Waals surface area contributed by atoms with Crippen LogP contribution in [0.3, 0.4) is 0 Å². The van der Waals surface area contributed by atoms with Crippen LogP contribution in [0.5, 0.6) is 5.75 Å². The topological polar surface area (TPSA) is 104 Å². The Bertz CT molecular complexity index is 1020. The Balaban J connectivity index is 1.43. The van der Waals surface area contributed by atoms with Crippen molar-refractivity contribution in [1.82, 2.24) is 20.1 Å². The van der Waals surface area contributed by atoms with Gasteiger partial charge in [-0.3, -0.25) is 9.48 Å². The van der Waals surface area contributed by atoms with Crippen LogP contribution in [-0.4, -0.2) is 38.9 Å². The third-order valence-corrected chi connectivity index (χ3v) is 6.05. The molecule has 0 atom stereocenters. The lowest BCUT2D eigenvalue weighted by atomic mass is 10.1. The van der Waals surface area contributed by atoms with Crippen molar-refractivity contribution in [2.75, 3.05) is 23.7 Å². The molecule has 1 aliphatic rings. The van der Waals surface area contributed by atoms with E-state index in [0.29, 0.717) is 33.1 Å². The van der Waals surface area contributed by atoms with Crippen molar-refractivity contribution in [3.8, 4) is 5.75 Å². The van der Waals surface area contributed by atoms with Gasteiger partial charge in [0.15, 0.2) is 10.9 Å². The molecule has 152 valence electrons. The summed E-state index contributed by atoms with van der Waals surface area (Å²) in [5, 5.41) is 24.5. The summed E-state index contributed by atoms with van der Waals surface area (Å²) >= 11 is 1.26. The van der Waals surface area contributed by atoms with E-state index in [9.17, 15) is 9.90 Å². The molecule has 1 fully saturated rings. The number of carbonyl (C=O) groups excluding carboxylic acids is 1. The quantitative estimate of drug-likeness (QED) is 0.511. The van der Waals surface area contributed by atoms with Crippen LogP contribution in [0.1, 0.15) is 39.7 Å². The Hall–Kier alpha value is -2.91. The molecule has 0 unspecified atom stereocenters. The van der Waals surface area contributed by atoms with Crippen molar-refractivity contribution in [3.63, 3.8) is 0 Å². The van der Waals surface area contributed by atoms with Crippen molar-refractivity contribution < 1.29 is 9.90 Å². The summed E-state index contributed by atoms with van der Waals surface area (Å²) in [6.07, 6.45) is 5.65. The number of anilines is 3. The second kappa shape index (κ2) is 8.22. The van der Waals surface area contributed by atoms with Gasteiger partial charge in [0, 0.05) is 17.8 Å². The zero-order chi connectivity index (χ0) is 20.4. The number of aryl methyl sites for hydroxylation is 1. The van der Waals surface area contributed by atoms with Gasteiger partial charge in [-0.1, -0.05) is 17.4 Å². The summed E-state index contributed by atoms with van der Waals surface area (Å²) in [5.74, 6) is 0.610. The molecule has 3 aromatic rings. The fourth-order valence-electron chi connectivity index (χ4n) is 3.43. The van der Waals surface area contributed by atoms with Gasteiger partial charge in [0.1, 0.15) is 10.6 Å². The van der Waals surface area contributed by atoms with Crippen molar-refractivity contribution in [2.24, 2.45) is 0 Å². The number of aromatic hydroxyl groups is 1. The number of phenolic OH excluding ortho intramolecular Hbond substituents is 1. The smallest absolute Gasteiger partial charge is 0.267 e. The molecule has 9 heteroatoms. The number of benzene rings is 1. The van der Waals surface area contributed by atoms with E-state index >= 15 is 0 Å². The van der Waals surface area contributed by atoms with E-state index in [2.05, 4.69) is 26.0 Å². The number of nitrogens with one attached hydrogen (secondary N) is 3. The lowest BCUT2D eigenvalue weighted by Crippen LogP contribution is -2.29. The number of phenols is 1. The van der Waals surface area contributed by atoms with Crippen molar-refractivity contribution in [3.05, 3.63) is 46.6 Å². The van der Waals surface area contributed by atoms with Crippen molar-refractivity contribution >= 4 is 33.9 Å². The number of piperidine rings is 1. The highest BCUT2D eigenvalue weighted by Gasteiger charge is 2.17. The van der Waals surface area contributed by atoms with E-state index in [0.717, 1.165) is 31.5 Å². The van der Waals surface area contributed by atoms with Gasteiger partial charge in [-0.05, 0) is 51.4 Å². The molecule has 1 aromatic carbocycles. The highest BCUT2D eigenvalue weighted by atomic mass is 32.1. The lowest BCUT2D eigenvalue weighted by molar-refractivity contribution is 0.103. The zero-order valence-corrected chi connectivity index (χ0v) is 17.2. The normalized spacial score (nSPS) is 14.7. The molecule has 4 N–H and O–H groups in total. The van der Waals surface area contributed by atoms with Crippen LogP contribution in [0.25, 0.3) is 0 Å². The van der Waals surface area contributed by atoms with Gasteiger partial charge in [-0.25, -0.2) is 4.98 Å². The van der Waals surface area contributed by atoms with Crippen LogP contribution in [0.2, 0.25) is 0 Å². The number of nitrogens with zero attached hydrogens (tertiary/aromatic N) is 3. The molecule has 0 bridgehead atoms. The van der Waals surface area contributed by atoms with E-state index in [4.69, 9.17) is 0 Å². The Labute approximate surface area is 173 Å². The molecule has 0 radical (unpaired) electrons. The first kappa shape index (κ1) is 19.4. The maximum atomic E-state index is 12.6. The number of aromatic nitrogens is 3. The minimum Gasteiger partial charge on any atom is -0.508 e. The Kier molecular flexibility index (Phi) is 5.50. The van der Waals surface area contributed by atoms with Crippen LogP contribution >= 0.6 is 11.3 Å². The van der Waals surface area contributed by atoms with E-state index in [-0.39, 0.29) is 11.7 Å². The van der Waals surface area contributed by atoms with Crippen molar-refractivity contribution in [2.45, 2.75) is 32.7 Å². The van der Waals surface area contributed by atoms with Crippen LogP contribution < -0.4 is 16.0 Å². The molecule has 1 saturated heterocycles. The van der Waals surface area contributed by atoms with Gasteiger partial charge in [-0.2, -0.15) is 5.10 Å². The van der Waals surface area contributed by atoms with Gasteiger partial charge in [0.25, 0.3) is 5.91 Å². The van der Waals surface area contributed by atoms with Crippen LogP contribution in [0.4, 0.5) is 16.6 Å². The summed E-state index contributed by atoms with van der Waals surface area (Å²) in [6.45, 7) is 5.68. The summed E-state index contributed by atoms with van der Waals surface area (Å²) < 4.78 is 2.00. The summed E-state index contributed by atoms with van der Waals surface area (Å²) in [4.78, 5) is 17.4. The van der Waals surface area contributed by atoms with Crippen LogP contribution in [0.15, 0.2) is 30.6 Å². The average molecular weight is 413 g/mol. The van der Waals surface area contributed by atoms with E-state index < -0.39 is 0 Å². The van der Waals surface area contributed by atoms with Crippen LogP contribution in [0, 0.1) is 13.8 Å². The molecule has 4 rings (SSSR count). The second-order valence-corrected chi connectivity index (χ2v) is 8.20. The average Bonchev–Trinajstić information content (AvgIpc) is 3.39. The first-order valence-electron chi connectivity index (χ1n) is 9.60. The standard InChI is InChI=1S/C20H24N6O2S/c1-12-3-4-15(27)13(2)18(12)24-19(28)16-11-22-20(29-16)23-17-7-10-26(25-17)14-5-8-21-9-6-14/h3-4,7,10-11,14,21,27H,5-6,8-9H2,1-2H3,(H,24,28)(H,22,23,25). The number of hydrogen-bond acceptors (Lipinski definition) is 7. The number of hydrogen-bond donors (Lipinski definition) is 4.